The molecule has 2 amide bonds. The standard InChI is InChI=1S/C21H25N3O2/c1-2-16-7-3-4-8-19(16)23-21(26)15-20(25)22-17-9-11-18(12-10-17)24-13-5-6-14-24/h3-4,7-12H,2,5-6,13-15H2,1H3,(H,22,25)(H,23,26). The van der Waals surface area contributed by atoms with Crippen molar-refractivity contribution in [3.8, 4) is 0 Å². The van der Waals surface area contributed by atoms with Gasteiger partial charge in [0.2, 0.25) is 11.8 Å². The fourth-order valence-corrected chi connectivity index (χ4v) is 3.23. The van der Waals surface area contributed by atoms with Crippen LogP contribution in [0.3, 0.4) is 0 Å². The molecule has 1 heterocycles. The molecule has 5 nitrogen and oxygen atoms in total. The molecule has 0 aliphatic carbocycles. The molecule has 0 saturated carbocycles. The topological polar surface area (TPSA) is 61.4 Å². The Hall–Kier alpha value is -2.82. The zero-order valence-corrected chi connectivity index (χ0v) is 15.1. The number of nitrogens with zero attached hydrogens (tertiary/aromatic N) is 1. The molecule has 1 saturated heterocycles. The molecule has 0 spiro atoms. The number of nitrogens with one attached hydrogen (secondary N) is 2. The molecule has 0 bridgehead atoms. The van der Waals surface area contributed by atoms with Crippen LogP contribution < -0.4 is 15.5 Å². The number of hydrogen-bond acceptors (Lipinski definition) is 3. The summed E-state index contributed by atoms with van der Waals surface area (Å²) >= 11 is 0. The van der Waals surface area contributed by atoms with E-state index in [0.29, 0.717) is 5.69 Å². The molecule has 3 rings (SSSR count). The summed E-state index contributed by atoms with van der Waals surface area (Å²) in [6, 6.07) is 15.4. The van der Waals surface area contributed by atoms with E-state index in [-0.39, 0.29) is 18.2 Å². The lowest BCUT2D eigenvalue weighted by molar-refractivity contribution is -0.123. The molecule has 2 aromatic carbocycles. The second-order valence-corrected chi connectivity index (χ2v) is 6.52. The van der Waals surface area contributed by atoms with Crippen molar-refractivity contribution in [1.82, 2.24) is 0 Å². The maximum atomic E-state index is 12.1. The van der Waals surface area contributed by atoms with E-state index in [9.17, 15) is 9.59 Å². The molecule has 5 heteroatoms. The Morgan fingerprint density at radius 1 is 0.923 bits per heavy atom. The van der Waals surface area contributed by atoms with E-state index in [1.54, 1.807) is 0 Å². The van der Waals surface area contributed by atoms with Crippen LogP contribution in [-0.4, -0.2) is 24.9 Å². The minimum atomic E-state index is -0.314. The highest BCUT2D eigenvalue weighted by Gasteiger charge is 2.13. The number of hydrogen-bond donors (Lipinski definition) is 2. The van der Waals surface area contributed by atoms with Gasteiger partial charge in [-0.3, -0.25) is 9.59 Å². The first-order valence-corrected chi connectivity index (χ1v) is 9.18. The van der Waals surface area contributed by atoms with E-state index >= 15 is 0 Å². The van der Waals surface area contributed by atoms with Gasteiger partial charge >= 0.3 is 0 Å². The molecule has 0 aromatic heterocycles. The molecule has 136 valence electrons. The fourth-order valence-electron chi connectivity index (χ4n) is 3.23. The van der Waals surface area contributed by atoms with E-state index in [1.807, 2.05) is 55.5 Å². The van der Waals surface area contributed by atoms with Gasteiger partial charge in [0.15, 0.2) is 0 Å². The van der Waals surface area contributed by atoms with Crippen LogP contribution in [0.25, 0.3) is 0 Å². The lowest BCUT2D eigenvalue weighted by Gasteiger charge is -2.17. The largest absolute Gasteiger partial charge is 0.372 e. The van der Waals surface area contributed by atoms with Crippen molar-refractivity contribution in [2.75, 3.05) is 28.6 Å². The Balaban J connectivity index is 1.52. The smallest absolute Gasteiger partial charge is 0.233 e. The van der Waals surface area contributed by atoms with Crippen molar-refractivity contribution in [3.63, 3.8) is 0 Å². The summed E-state index contributed by atoms with van der Waals surface area (Å²) in [6.45, 7) is 4.21. The zero-order valence-electron chi connectivity index (χ0n) is 15.1. The normalized spacial score (nSPS) is 13.5. The minimum Gasteiger partial charge on any atom is -0.372 e. The van der Waals surface area contributed by atoms with Gasteiger partial charge in [-0.05, 0) is 55.2 Å². The van der Waals surface area contributed by atoms with Crippen LogP contribution in [0.1, 0.15) is 31.7 Å². The average molecular weight is 351 g/mol. The summed E-state index contributed by atoms with van der Waals surface area (Å²) in [5.41, 5.74) is 3.70. The Morgan fingerprint density at radius 3 is 2.27 bits per heavy atom. The first-order chi connectivity index (χ1) is 12.7. The minimum absolute atomic E-state index is 0.202. The van der Waals surface area contributed by atoms with Gasteiger partial charge in [-0.1, -0.05) is 25.1 Å². The molecular formula is C21H25N3O2. The van der Waals surface area contributed by atoms with E-state index in [1.165, 1.54) is 18.5 Å². The Labute approximate surface area is 154 Å². The number of benzene rings is 2. The van der Waals surface area contributed by atoms with Gasteiger partial charge in [0.05, 0.1) is 0 Å². The van der Waals surface area contributed by atoms with E-state index in [0.717, 1.165) is 30.8 Å². The van der Waals surface area contributed by atoms with Crippen LogP contribution in [0.5, 0.6) is 0 Å². The number of para-hydroxylation sites is 1. The predicted octanol–water partition coefficient (Wildman–Crippen LogP) is 3.82. The molecule has 0 atom stereocenters. The summed E-state index contributed by atoms with van der Waals surface area (Å²) in [4.78, 5) is 26.6. The maximum absolute atomic E-state index is 12.1. The number of anilines is 3. The third kappa shape index (κ3) is 4.63. The average Bonchev–Trinajstić information content (AvgIpc) is 3.17. The second-order valence-electron chi connectivity index (χ2n) is 6.52. The Kier molecular flexibility index (Phi) is 5.89. The highest BCUT2D eigenvalue weighted by atomic mass is 16.2. The molecule has 0 unspecified atom stereocenters. The molecular weight excluding hydrogens is 326 g/mol. The van der Waals surface area contributed by atoms with Crippen LogP contribution in [0, 0.1) is 0 Å². The molecule has 1 aliphatic heterocycles. The zero-order chi connectivity index (χ0) is 18.4. The fraction of sp³-hybridized carbons (Fsp3) is 0.333. The quantitative estimate of drug-likeness (QED) is 0.778. The monoisotopic (exact) mass is 351 g/mol. The van der Waals surface area contributed by atoms with Crippen LogP contribution >= 0.6 is 0 Å². The Morgan fingerprint density at radius 2 is 1.58 bits per heavy atom. The number of carbonyl (C=O) groups is 2. The molecule has 2 aromatic rings. The van der Waals surface area contributed by atoms with Gasteiger partial charge in [-0.25, -0.2) is 0 Å². The summed E-state index contributed by atoms with van der Waals surface area (Å²) in [6.07, 6.45) is 3.08. The number of rotatable bonds is 6. The van der Waals surface area contributed by atoms with Crippen molar-refractivity contribution in [3.05, 3.63) is 54.1 Å². The number of carbonyl (C=O) groups excluding carboxylic acids is 2. The molecule has 1 fully saturated rings. The summed E-state index contributed by atoms with van der Waals surface area (Å²) in [5.74, 6) is -0.623. The maximum Gasteiger partial charge on any atom is 0.233 e. The number of amides is 2. The predicted molar refractivity (Wildman–Crippen MR) is 106 cm³/mol. The van der Waals surface area contributed by atoms with Crippen LogP contribution in [0.15, 0.2) is 48.5 Å². The van der Waals surface area contributed by atoms with Gasteiger partial charge in [0.1, 0.15) is 6.42 Å². The summed E-state index contributed by atoms with van der Waals surface area (Å²) in [7, 11) is 0. The number of aryl methyl sites for hydroxylation is 1. The van der Waals surface area contributed by atoms with Crippen LogP contribution in [0.4, 0.5) is 17.1 Å². The highest BCUT2D eigenvalue weighted by molar-refractivity contribution is 6.08. The van der Waals surface area contributed by atoms with E-state index < -0.39 is 0 Å². The molecule has 26 heavy (non-hydrogen) atoms. The third-order valence-electron chi connectivity index (χ3n) is 4.62. The SMILES string of the molecule is CCc1ccccc1NC(=O)CC(=O)Nc1ccc(N2CCCC2)cc1. The molecule has 2 N–H and O–H groups in total. The van der Waals surface area contributed by atoms with Gasteiger partial charge < -0.3 is 15.5 Å². The van der Waals surface area contributed by atoms with Gasteiger partial charge in [0.25, 0.3) is 0 Å². The molecule has 1 aliphatic rings. The summed E-state index contributed by atoms with van der Waals surface area (Å²) in [5, 5.41) is 5.60. The lowest BCUT2D eigenvalue weighted by Crippen LogP contribution is -2.22. The van der Waals surface area contributed by atoms with Crippen LogP contribution in [0.2, 0.25) is 0 Å². The highest BCUT2D eigenvalue weighted by Crippen LogP contribution is 2.22. The van der Waals surface area contributed by atoms with E-state index in [2.05, 4.69) is 15.5 Å². The van der Waals surface area contributed by atoms with Crippen molar-refractivity contribution < 1.29 is 9.59 Å². The second kappa shape index (κ2) is 8.52. The van der Waals surface area contributed by atoms with Gasteiger partial charge in [-0.2, -0.15) is 0 Å². The first-order valence-electron chi connectivity index (χ1n) is 9.18. The molecule has 0 radical (unpaired) electrons. The van der Waals surface area contributed by atoms with E-state index in [4.69, 9.17) is 0 Å². The summed E-state index contributed by atoms with van der Waals surface area (Å²) < 4.78 is 0. The Bertz CT molecular complexity index is 765. The van der Waals surface area contributed by atoms with Crippen molar-refractivity contribution >= 4 is 28.9 Å². The van der Waals surface area contributed by atoms with Crippen molar-refractivity contribution in [2.24, 2.45) is 0 Å². The van der Waals surface area contributed by atoms with Crippen LogP contribution in [-0.2, 0) is 16.0 Å². The van der Waals surface area contributed by atoms with Crippen molar-refractivity contribution in [1.29, 1.82) is 0 Å². The first kappa shape index (κ1) is 18.0. The lowest BCUT2D eigenvalue weighted by atomic mass is 10.1. The third-order valence-corrected chi connectivity index (χ3v) is 4.62. The van der Waals surface area contributed by atoms with Crippen molar-refractivity contribution in [2.45, 2.75) is 32.6 Å². The van der Waals surface area contributed by atoms with Gasteiger partial charge in [0, 0.05) is 30.2 Å². The van der Waals surface area contributed by atoms with Gasteiger partial charge in [-0.15, -0.1) is 0 Å².